The Morgan fingerprint density at radius 1 is 1.12 bits per heavy atom. The third-order valence-electron chi connectivity index (χ3n) is 4.19. The summed E-state index contributed by atoms with van der Waals surface area (Å²) in [6, 6.07) is 9.83. The summed E-state index contributed by atoms with van der Waals surface area (Å²) in [6.07, 6.45) is 1.38. The summed E-state index contributed by atoms with van der Waals surface area (Å²) in [7, 11) is 0. The van der Waals surface area contributed by atoms with E-state index in [0.717, 1.165) is 24.2 Å². The van der Waals surface area contributed by atoms with Crippen molar-refractivity contribution in [3.63, 3.8) is 0 Å². The SMILES string of the molecule is C[C@H](Nc1cccc(N2CCCC2=O)c1)C(=O)Nc1ccc(F)c(F)c1. The molecule has 0 saturated carbocycles. The molecule has 3 rings (SSSR count). The molecule has 1 saturated heterocycles. The molecule has 2 N–H and O–H groups in total. The minimum atomic E-state index is -1.02. The molecule has 0 spiro atoms. The third kappa shape index (κ3) is 3.99. The molecule has 0 aliphatic carbocycles. The summed E-state index contributed by atoms with van der Waals surface area (Å²) in [5.41, 5.74) is 1.65. The Morgan fingerprint density at radius 3 is 2.62 bits per heavy atom. The topological polar surface area (TPSA) is 61.4 Å². The van der Waals surface area contributed by atoms with Crippen LogP contribution in [-0.4, -0.2) is 24.4 Å². The van der Waals surface area contributed by atoms with Crippen LogP contribution in [0.25, 0.3) is 0 Å². The lowest BCUT2D eigenvalue weighted by atomic mass is 10.2. The molecule has 1 fully saturated rings. The number of carbonyl (C=O) groups is 2. The monoisotopic (exact) mass is 359 g/mol. The highest BCUT2D eigenvalue weighted by atomic mass is 19.2. The number of nitrogens with zero attached hydrogens (tertiary/aromatic N) is 1. The van der Waals surface area contributed by atoms with Gasteiger partial charge in [-0.05, 0) is 43.7 Å². The number of hydrogen-bond acceptors (Lipinski definition) is 3. The van der Waals surface area contributed by atoms with E-state index in [1.54, 1.807) is 17.9 Å². The number of hydrogen-bond donors (Lipinski definition) is 2. The van der Waals surface area contributed by atoms with Crippen molar-refractivity contribution in [1.29, 1.82) is 0 Å². The van der Waals surface area contributed by atoms with Crippen LogP contribution in [0.1, 0.15) is 19.8 Å². The van der Waals surface area contributed by atoms with Gasteiger partial charge < -0.3 is 15.5 Å². The normalized spacial score (nSPS) is 15.0. The minimum absolute atomic E-state index is 0.0891. The number of halogens is 2. The van der Waals surface area contributed by atoms with Crippen molar-refractivity contribution in [2.24, 2.45) is 0 Å². The summed E-state index contributed by atoms with van der Waals surface area (Å²) < 4.78 is 26.2. The highest BCUT2D eigenvalue weighted by Gasteiger charge is 2.22. The fraction of sp³-hybridized carbons (Fsp3) is 0.263. The number of carbonyl (C=O) groups excluding carboxylic acids is 2. The Hall–Kier alpha value is -2.96. The molecule has 2 aromatic rings. The van der Waals surface area contributed by atoms with Crippen molar-refractivity contribution >= 4 is 28.9 Å². The summed E-state index contributed by atoms with van der Waals surface area (Å²) in [4.78, 5) is 25.8. The number of nitrogens with one attached hydrogen (secondary N) is 2. The van der Waals surface area contributed by atoms with E-state index < -0.39 is 23.6 Å². The van der Waals surface area contributed by atoms with Crippen LogP contribution in [0.4, 0.5) is 25.8 Å². The lowest BCUT2D eigenvalue weighted by Gasteiger charge is -2.19. The second kappa shape index (κ2) is 7.51. The number of rotatable bonds is 5. The first-order chi connectivity index (χ1) is 12.4. The van der Waals surface area contributed by atoms with E-state index in [2.05, 4.69) is 10.6 Å². The molecule has 1 aliphatic heterocycles. The molecule has 26 heavy (non-hydrogen) atoms. The predicted octanol–water partition coefficient (Wildman–Crippen LogP) is 3.53. The van der Waals surface area contributed by atoms with Gasteiger partial charge >= 0.3 is 0 Å². The zero-order valence-corrected chi connectivity index (χ0v) is 14.3. The van der Waals surface area contributed by atoms with Crippen LogP contribution in [0.15, 0.2) is 42.5 Å². The number of anilines is 3. The van der Waals surface area contributed by atoms with Crippen molar-refractivity contribution in [1.82, 2.24) is 0 Å². The van der Waals surface area contributed by atoms with Gasteiger partial charge in [0.15, 0.2) is 11.6 Å². The molecule has 1 aliphatic rings. The Balaban J connectivity index is 1.65. The van der Waals surface area contributed by atoms with Crippen LogP contribution in [-0.2, 0) is 9.59 Å². The summed E-state index contributed by atoms with van der Waals surface area (Å²) >= 11 is 0. The lowest BCUT2D eigenvalue weighted by molar-refractivity contribution is -0.117. The van der Waals surface area contributed by atoms with E-state index in [1.807, 2.05) is 18.2 Å². The molecule has 0 radical (unpaired) electrons. The van der Waals surface area contributed by atoms with Crippen LogP contribution < -0.4 is 15.5 Å². The van der Waals surface area contributed by atoms with Crippen molar-refractivity contribution in [3.8, 4) is 0 Å². The zero-order valence-electron chi connectivity index (χ0n) is 14.3. The Morgan fingerprint density at radius 2 is 1.92 bits per heavy atom. The Labute approximate surface area is 150 Å². The third-order valence-corrected chi connectivity index (χ3v) is 4.19. The maximum absolute atomic E-state index is 13.2. The standard InChI is InChI=1S/C19H19F2N3O2/c1-12(19(26)23-14-7-8-16(20)17(21)11-14)22-13-4-2-5-15(10-13)24-9-3-6-18(24)25/h2,4-5,7-8,10-12,22H,3,6,9H2,1H3,(H,23,26)/t12-/m0/s1. The average Bonchev–Trinajstić information content (AvgIpc) is 3.04. The van der Waals surface area contributed by atoms with Crippen LogP contribution in [0.3, 0.4) is 0 Å². The maximum Gasteiger partial charge on any atom is 0.246 e. The van der Waals surface area contributed by atoms with Gasteiger partial charge in [-0.15, -0.1) is 0 Å². The van der Waals surface area contributed by atoms with Crippen LogP contribution in [0, 0.1) is 11.6 Å². The quantitative estimate of drug-likeness (QED) is 0.859. The highest BCUT2D eigenvalue weighted by molar-refractivity contribution is 5.97. The lowest BCUT2D eigenvalue weighted by Crippen LogP contribution is -2.32. The van der Waals surface area contributed by atoms with Gasteiger partial charge in [0.05, 0.1) is 0 Å². The Kier molecular flexibility index (Phi) is 5.16. The first-order valence-corrected chi connectivity index (χ1v) is 8.37. The smallest absolute Gasteiger partial charge is 0.246 e. The van der Waals surface area contributed by atoms with Crippen molar-refractivity contribution in [2.75, 3.05) is 22.1 Å². The molecule has 0 unspecified atom stereocenters. The molecular formula is C19H19F2N3O2. The van der Waals surface area contributed by atoms with Gasteiger partial charge in [-0.3, -0.25) is 9.59 Å². The highest BCUT2D eigenvalue weighted by Crippen LogP contribution is 2.24. The van der Waals surface area contributed by atoms with E-state index in [4.69, 9.17) is 0 Å². The van der Waals surface area contributed by atoms with Gasteiger partial charge in [0.1, 0.15) is 6.04 Å². The fourth-order valence-electron chi connectivity index (χ4n) is 2.82. The van der Waals surface area contributed by atoms with E-state index in [-0.39, 0.29) is 11.6 Å². The molecule has 2 aromatic carbocycles. The van der Waals surface area contributed by atoms with Gasteiger partial charge in [0.25, 0.3) is 0 Å². The molecular weight excluding hydrogens is 340 g/mol. The van der Waals surface area contributed by atoms with E-state index in [9.17, 15) is 18.4 Å². The largest absolute Gasteiger partial charge is 0.374 e. The molecule has 0 bridgehead atoms. The number of benzene rings is 2. The predicted molar refractivity (Wildman–Crippen MR) is 96.1 cm³/mol. The summed E-state index contributed by atoms with van der Waals surface area (Å²) in [5.74, 6) is -2.29. The van der Waals surface area contributed by atoms with Crippen molar-refractivity contribution in [3.05, 3.63) is 54.1 Å². The minimum Gasteiger partial charge on any atom is -0.374 e. The van der Waals surface area contributed by atoms with E-state index >= 15 is 0 Å². The van der Waals surface area contributed by atoms with Gasteiger partial charge in [-0.25, -0.2) is 8.78 Å². The summed E-state index contributed by atoms with van der Waals surface area (Å²) in [6.45, 7) is 2.34. The first-order valence-electron chi connectivity index (χ1n) is 8.37. The van der Waals surface area contributed by atoms with Gasteiger partial charge in [-0.1, -0.05) is 6.07 Å². The summed E-state index contributed by atoms with van der Waals surface area (Å²) in [5, 5.41) is 5.58. The van der Waals surface area contributed by atoms with Gasteiger partial charge in [0, 0.05) is 36.1 Å². The second-order valence-electron chi connectivity index (χ2n) is 6.18. The first kappa shape index (κ1) is 17.8. The molecule has 0 aromatic heterocycles. The van der Waals surface area contributed by atoms with Crippen LogP contribution in [0.5, 0.6) is 0 Å². The average molecular weight is 359 g/mol. The van der Waals surface area contributed by atoms with Gasteiger partial charge in [-0.2, -0.15) is 0 Å². The molecule has 5 nitrogen and oxygen atoms in total. The molecule has 7 heteroatoms. The van der Waals surface area contributed by atoms with E-state index in [0.29, 0.717) is 18.7 Å². The van der Waals surface area contributed by atoms with Crippen molar-refractivity contribution in [2.45, 2.75) is 25.8 Å². The second-order valence-corrected chi connectivity index (χ2v) is 6.18. The Bertz CT molecular complexity index is 841. The fourth-order valence-corrected chi connectivity index (χ4v) is 2.82. The maximum atomic E-state index is 13.2. The van der Waals surface area contributed by atoms with Gasteiger partial charge in [0.2, 0.25) is 11.8 Å². The number of amides is 2. The van der Waals surface area contributed by atoms with Crippen LogP contribution in [0.2, 0.25) is 0 Å². The molecule has 1 heterocycles. The molecule has 2 amide bonds. The van der Waals surface area contributed by atoms with Crippen molar-refractivity contribution < 1.29 is 18.4 Å². The van der Waals surface area contributed by atoms with Crippen LogP contribution >= 0.6 is 0 Å². The van der Waals surface area contributed by atoms with E-state index in [1.165, 1.54) is 6.07 Å². The zero-order chi connectivity index (χ0) is 18.7. The molecule has 136 valence electrons. The molecule has 1 atom stereocenters.